The number of esters is 1. The minimum absolute atomic E-state index is 0.165. The van der Waals surface area contributed by atoms with E-state index in [9.17, 15) is 18.8 Å². The number of ketones is 1. The highest BCUT2D eigenvalue weighted by Gasteiger charge is 2.17. The third-order valence-electron chi connectivity index (χ3n) is 3.62. The molecule has 0 aliphatic heterocycles. The number of rotatable bonds is 8. The summed E-state index contributed by atoms with van der Waals surface area (Å²) in [6.07, 6.45) is 0. The lowest BCUT2D eigenvalue weighted by molar-refractivity contribution is -0.114. The van der Waals surface area contributed by atoms with E-state index in [0.717, 1.165) is 6.07 Å². The van der Waals surface area contributed by atoms with Gasteiger partial charge in [0.05, 0.1) is 24.8 Å². The molecule has 1 N–H and O–H groups in total. The molecule has 0 spiro atoms. The van der Waals surface area contributed by atoms with Crippen LogP contribution in [0.5, 0.6) is 11.5 Å². The van der Waals surface area contributed by atoms with E-state index in [2.05, 4.69) is 5.32 Å². The fourth-order valence-corrected chi connectivity index (χ4v) is 2.39. The first-order valence-corrected chi connectivity index (χ1v) is 8.44. The number of hydrogen-bond donors (Lipinski definition) is 1. The Bertz CT molecular complexity index is 896. The van der Waals surface area contributed by atoms with Gasteiger partial charge in [-0.15, -0.1) is 0 Å². The lowest BCUT2D eigenvalue weighted by Gasteiger charge is -2.11. The van der Waals surface area contributed by atoms with E-state index in [1.807, 2.05) is 0 Å². The van der Waals surface area contributed by atoms with E-state index >= 15 is 0 Å². The molecule has 0 radical (unpaired) electrons. The zero-order valence-corrected chi connectivity index (χ0v) is 15.7. The van der Waals surface area contributed by atoms with Crippen LogP contribution in [0.2, 0.25) is 0 Å². The van der Waals surface area contributed by atoms with Gasteiger partial charge < -0.3 is 19.5 Å². The predicted octanol–water partition coefficient (Wildman–Crippen LogP) is 3.23. The Labute approximate surface area is 161 Å². The second kappa shape index (κ2) is 9.50. The van der Waals surface area contributed by atoms with Gasteiger partial charge in [-0.2, -0.15) is 0 Å². The largest absolute Gasteiger partial charge is 0.493 e. The second-order valence-electron chi connectivity index (χ2n) is 5.67. The van der Waals surface area contributed by atoms with Crippen LogP contribution in [0, 0.1) is 5.82 Å². The number of ether oxygens (including phenoxy) is 3. The first-order valence-electron chi connectivity index (χ1n) is 8.44. The topological polar surface area (TPSA) is 90.9 Å². The van der Waals surface area contributed by atoms with Crippen molar-refractivity contribution in [3.05, 3.63) is 53.3 Å². The summed E-state index contributed by atoms with van der Waals surface area (Å²) in [4.78, 5) is 35.3. The minimum atomic E-state index is -0.824. The summed E-state index contributed by atoms with van der Waals surface area (Å²) in [5, 5.41) is 2.41. The van der Waals surface area contributed by atoms with Crippen molar-refractivity contribution in [1.82, 2.24) is 0 Å². The van der Waals surface area contributed by atoms with Crippen molar-refractivity contribution in [2.45, 2.75) is 13.8 Å². The molecule has 28 heavy (non-hydrogen) atoms. The Kier molecular flexibility index (Phi) is 7.08. The maximum atomic E-state index is 14.1. The van der Waals surface area contributed by atoms with E-state index in [0.29, 0.717) is 18.1 Å². The van der Waals surface area contributed by atoms with E-state index < -0.39 is 24.2 Å². The SMILES string of the molecule is CCOc1cc(C(=O)OCC(=O)c2ccc(NC(C)=O)cc2F)ccc1OC. The number of anilines is 1. The van der Waals surface area contributed by atoms with Crippen LogP contribution in [-0.4, -0.2) is 38.0 Å². The van der Waals surface area contributed by atoms with Crippen LogP contribution >= 0.6 is 0 Å². The summed E-state index contributed by atoms with van der Waals surface area (Å²) in [6, 6.07) is 8.09. The lowest BCUT2D eigenvalue weighted by Crippen LogP contribution is -2.16. The molecular weight excluding hydrogens is 369 g/mol. The van der Waals surface area contributed by atoms with E-state index in [1.165, 1.54) is 38.3 Å². The number of carbonyl (C=O) groups excluding carboxylic acids is 3. The predicted molar refractivity (Wildman–Crippen MR) is 99.5 cm³/mol. The Morgan fingerprint density at radius 1 is 1.07 bits per heavy atom. The molecule has 0 atom stereocenters. The quantitative estimate of drug-likeness (QED) is 0.551. The van der Waals surface area contributed by atoms with Crippen LogP contribution in [0.25, 0.3) is 0 Å². The molecule has 0 aliphatic carbocycles. The van der Waals surface area contributed by atoms with Gasteiger partial charge >= 0.3 is 5.97 Å². The third kappa shape index (κ3) is 5.29. The zero-order chi connectivity index (χ0) is 20.7. The average molecular weight is 389 g/mol. The molecule has 148 valence electrons. The molecule has 0 aromatic heterocycles. The molecule has 2 aromatic rings. The molecule has 1 amide bonds. The molecule has 0 saturated carbocycles. The molecular formula is C20H20FNO6. The van der Waals surface area contributed by atoms with Gasteiger partial charge in [0.2, 0.25) is 11.7 Å². The highest BCUT2D eigenvalue weighted by Crippen LogP contribution is 2.28. The molecule has 2 rings (SSSR count). The van der Waals surface area contributed by atoms with Crippen molar-refractivity contribution in [3.63, 3.8) is 0 Å². The summed E-state index contributed by atoms with van der Waals surface area (Å²) >= 11 is 0. The van der Waals surface area contributed by atoms with Gasteiger partial charge in [0.15, 0.2) is 18.1 Å². The number of Topliss-reactive ketones (excluding diaryl/α,β-unsaturated/α-hetero) is 1. The number of hydrogen-bond acceptors (Lipinski definition) is 6. The van der Waals surface area contributed by atoms with E-state index in [4.69, 9.17) is 14.2 Å². The summed E-state index contributed by atoms with van der Waals surface area (Å²) in [6.45, 7) is 2.81. The number of methoxy groups -OCH3 is 1. The standard InChI is InChI=1S/C20H20FNO6/c1-4-27-19-9-13(5-8-18(19)26-3)20(25)28-11-17(24)15-7-6-14(10-16(15)21)22-12(2)23/h5-10H,4,11H2,1-3H3,(H,22,23). The molecule has 0 saturated heterocycles. The fourth-order valence-electron chi connectivity index (χ4n) is 2.39. The lowest BCUT2D eigenvalue weighted by atomic mass is 10.1. The van der Waals surface area contributed by atoms with E-state index in [1.54, 1.807) is 13.0 Å². The van der Waals surface area contributed by atoms with Crippen molar-refractivity contribution in [2.24, 2.45) is 0 Å². The number of carbonyl (C=O) groups is 3. The third-order valence-corrected chi connectivity index (χ3v) is 3.62. The van der Waals surface area contributed by atoms with Gasteiger partial charge in [-0.3, -0.25) is 9.59 Å². The van der Waals surface area contributed by atoms with Gasteiger partial charge in [0, 0.05) is 12.6 Å². The summed E-state index contributed by atoms with van der Waals surface area (Å²) in [7, 11) is 1.47. The maximum absolute atomic E-state index is 14.1. The smallest absolute Gasteiger partial charge is 0.338 e. The molecule has 0 bridgehead atoms. The number of halogens is 1. The van der Waals surface area contributed by atoms with Crippen LogP contribution < -0.4 is 14.8 Å². The normalized spacial score (nSPS) is 10.1. The first kappa shape index (κ1) is 20.9. The Balaban J connectivity index is 2.05. The van der Waals surface area contributed by atoms with Crippen molar-refractivity contribution in [3.8, 4) is 11.5 Å². The minimum Gasteiger partial charge on any atom is -0.493 e. The summed E-state index contributed by atoms with van der Waals surface area (Å²) in [5.74, 6) is -1.83. The van der Waals surface area contributed by atoms with Gasteiger partial charge in [0.25, 0.3) is 0 Å². The molecule has 0 unspecified atom stereocenters. The highest BCUT2D eigenvalue weighted by atomic mass is 19.1. The van der Waals surface area contributed by atoms with Gasteiger partial charge in [-0.05, 0) is 43.3 Å². The monoisotopic (exact) mass is 389 g/mol. The van der Waals surface area contributed by atoms with Crippen molar-refractivity contribution < 1.29 is 33.0 Å². The molecule has 0 heterocycles. The molecule has 7 nitrogen and oxygen atoms in total. The van der Waals surface area contributed by atoms with Gasteiger partial charge in [-0.25, -0.2) is 9.18 Å². The Morgan fingerprint density at radius 3 is 2.43 bits per heavy atom. The van der Waals surface area contributed by atoms with Gasteiger partial charge in [-0.1, -0.05) is 0 Å². The number of amides is 1. The van der Waals surface area contributed by atoms with Crippen LogP contribution in [-0.2, 0) is 9.53 Å². The number of nitrogens with one attached hydrogen (secondary N) is 1. The van der Waals surface area contributed by atoms with Gasteiger partial charge in [0.1, 0.15) is 5.82 Å². The number of benzene rings is 2. The molecule has 8 heteroatoms. The van der Waals surface area contributed by atoms with Crippen molar-refractivity contribution >= 4 is 23.3 Å². The van der Waals surface area contributed by atoms with Crippen LogP contribution in [0.15, 0.2) is 36.4 Å². The van der Waals surface area contributed by atoms with Crippen molar-refractivity contribution in [1.29, 1.82) is 0 Å². The Morgan fingerprint density at radius 2 is 1.82 bits per heavy atom. The van der Waals surface area contributed by atoms with Crippen LogP contribution in [0.4, 0.5) is 10.1 Å². The second-order valence-corrected chi connectivity index (χ2v) is 5.67. The molecule has 0 fully saturated rings. The summed E-state index contributed by atoms with van der Waals surface area (Å²) < 4.78 is 29.6. The average Bonchev–Trinajstić information content (AvgIpc) is 2.65. The molecule has 0 aliphatic rings. The maximum Gasteiger partial charge on any atom is 0.338 e. The van der Waals surface area contributed by atoms with E-state index in [-0.39, 0.29) is 22.7 Å². The highest BCUT2D eigenvalue weighted by molar-refractivity contribution is 6.00. The first-order chi connectivity index (χ1) is 13.3. The zero-order valence-electron chi connectivity index (χ0n) is 15.7. The fraction of sp³-hybridized carbons (Fsp3) is 0.250. The summed E-state index contributed by atoms with van der Waals surface area (Å²) in [5.41, 5.74) is 0.144. The Hall–Kier alpha value is -3.42. The van der Waals surface area contributed by atoms with Crippen LogP contribution in [0.3, 0.4) is 0 Å². The van der Waals surface area contributed by atoms with Crippen LogP contribution in [0.1, 0.15) is 34.6 Å². The van der Waals surface area contributed by atoms with Crippen molar-refractivity contribution in [2.75, 3.05) is 25.6 Å². The molecule has 2 aromatic carbocycles.